The quantitative estimate of drug-likeness (QED) is 0.804. The molecule has 6 nitrogen and oxygen atoms in total. The summed E-state index contributed by atoms with van der Waals surface area (Å²) in [5, 5.41) is 8.03. The second-order valence-electron chi connectivity index (χ2n) is 5.65. The molecule has 0 saturated carbocycles. The largest absolute Gasteiger partial charge is 0.340 e. The first-order valence-corrected chi connectivity index (χ1v) is 7.93. The predicted octanol–water partition coefficient (Wildman–Crippen LogP) is 2.05. The monoisotopic (exact) mass is 332 g/mol. The molecular formula is C16H17ClN4O2. The normalized spacial score (nSPS) is 18.0. The number of hydrogen-bond acceptors (Lipinski definition) is 4. The van der Waals surface area contributed by atoms with Crippen molar-refractivity contribution in [1.82, 2.24) is 19.9 Å². The van der Waals surface area contributed by atoms with Crippen molar-refractivity contribution in [3.63, 3.8) is 0 Å². The van der Waals surface area contributed by atoms with Gasteiger partial charge in [0.2, 0.25) is 5.91 Å². The summed E-state index contributed by atoms with van der Waals surface area (Å²) in [6.45, 7) is 1.27. The molecule has 1 amide bonds. The van der Waals surface area contributed by atoms with Gasteiger partial charge in [-0.1, -0.05) is 28.9 Å². The SMILES string of the molecule is O=C(c1cccc(Cl)c1)[C@H]1CCCN(C(=O)Cn2ccnn2)C1. The molecule has 1 aliphatic heterocycles. The van der Waals surface area contributed by atoms with Gasteiger partial charge in [0.25, 0.3) is 0 Å². The predicted molar refractivity (Wildman–Crippen MR) is 85.1 cm³/mol. The molecule has 1 atom stereocenters. The van der Waals surface area contributed by atoms with Crippen LogP contribution in [0.5, 0.6) is 0 Å². The molecule has 2 heterocycles. The maximum absolute atomic E-state index is 12.6. The second kappa shape index (κ2) is 6.91. The Hall–Kier alpha value is -2.21. The van der Waals surface area contributed by atoms with Crippen molar-refractivity contribution in [3.05, 3.63) is 47.2 Å². The van der Waals surface area contributed by atoms with Crippen LogP contribution in [0.4, 0.5) is 0 Å². The minimum Gasteiger partial charge on any atom is -0.340 e. The Bertz CT molecular complexity index is 702. The van der Waals surface area contributed by atoms with E-state index in [-0.39, 0.29) is 24.2 Å². The number of carbonyl (C=O) groups is 2. The lowest BCUT2D eigenvalue weighted by atomic mass is 9.90. The number of Topliss-reactive ketones (excluding diaryl/α,β-unsaturated/α-hetero) is 1. The number of likely N-dealkylation sites (tertiary alicyclic amines) is 1. The van der Waals surface area contributed by atoms with Gasteiger partial charge < -0.3 is 4.90 Å². The number of benzene rings is 1. The third-order valence-corrected chi connectivity index (χ3v) is 4.26. The van der Waals surface area contributed by atoms with Crippen LogP contribution in [0.3, 0.4) is 0 Å². The van der Waals surface area contributed by atoms with Gasteiger partial charge in [0.1, 0.15) is 6.54 Å². The van der Waals surface area contributed by atoms with E-state index >= 15 is 0 Å². The maximum Gasteiger partial charge on any atom is 0.244 e. The van der Waals surface area contributed by atoms with Gasteiger partial charge >= 0.3 is 0 Å². The zero-order valence-electron chi connectivity index (χ0n) is 12.6. The number of piperidine rings is 1. The topological polar surface area (TPSA) is 68.1 Å². The molecule has 0 aliphatic carbocycles. The molecule has 23 heavy (non-hydrogen) atoms. The molecule has 1 fully saturated rings. The van der Waals surface area contributed by atoms with Crippen molar-refractivity contribution in [3.8, 4) is 0 Å². The third-order valence-electron chi connectivity index (χ3n) is 4.02. The Labute approximate surface area is 139 Å². The minimum absolute atomic E-state index is 0.0425. The van der Waals surface area contributed by atoms with Crippen LogP contribution >= 0.6 is 11.6 Å². The van der Waals surface area contributed by atoms with Gasteiger partial charge in [-0.15, -0.1) is 5.10 Å². The molecule has 2 aromatic rings. The zero-order valence-corrected chi connectivity index (χ0v) is 13.3. The molecule has 1 saturated heterocycles. The molecule has 7 heteroatoms. The van der Waals surface area contributed by atoms with Crippen LogP contribution in [0.25, 0.3) is 0 Å². The Morgan fingerprint density at radius 2 is 2.22 bits per heavy atom. The summed E-state index contributed by atoms with van der Waals surface area (Å²) in [6, 6.07) is 6.96. The molecule has 3 rings (SSSR count). The average Bonchev–Trinajstić information content (AvgIpc) is 3.07. The van der Waals surface area contributed by atoms with Crippen molar-refractivity contribution in [2.24, 2.45) is 5.92 Å². The first-order chi connectivity index (χ1) is 11.1. The Morgan fingerprint density at radius 3 is 2.96 bits per heavy atom. The second-order valence-corrected chi connectivity index (χ2v) is 6.09. The number of aromatic nitrogens is 3. The highest BCUT2D eigenvalue weighted by Crippen LogP contribution is 2.22. The van der Waals surface area contributed by atoms with E-state index in [2.05, 4.69) is 10.3 Å². The highest BCUT2D eigenvalue weighted by Gasteiger charge is 2.29. The van der Waals surface area contributed by atoms with E-state index in [0.29, 0.717) is 23.7 Å². The van der Waals surface area contributed by atoms with Crippen LogP contribution in [0.1, 0.15) is 23.2 Å². The summed E-state index contributed by atoms with van der Waals surface area (Å²) < 4.78 is 1.49. The number of carbonyl (C=O) groups excluding carboxylic acids is 2. The average molecular weight is 333 g/mol. The van der Waals surface area contributed by atoms with Crippen LogP contribution in [0, 0.1) is 5.92 Å². The lowest BCUT2D eigenvalue weighted by molar-refractivity contribution is -0.133. The first-order valence-electron chi connectivity index (χ1n) is 7.55. The number of rotatable bonds is 4. The number of amides is 1. The molecule has 0 spiro atoms. The lowest BCUT2D eigenvalue weighted by Crippen LogP contribution is -2.43. The smallest absolute Gasteiger partial charge is 0.244 e. The van der Waals surface area contributed by atoms with Crippen molar-refractivity contribution in [2.45, 2.75) is 19.4 Å². The highest BCUT2D eigenvalue weighted by molar-refractivity contribution is 6.31. The molecule has 0 N–H and O–H groups in total. The van der Waals surface area contributed by atoms with Crippen molar-refractivity contribution in [1.29, 1.82) is 0 Å². The standard InChI is InChI=1S/C16H17ClN4O2/c17-14-5-1-3-12(9-14)16(23)13-4-2-7-20(10-13)15(22)11-21-8-6-18-19-21/h1,3,5-6,8-9,13H,2,4,7,10-11H2/t13-/m0/s1. The van der Waals surface area contributed by atoms with Gasteiger partial charge in [0.05, 0.1) is 6.20 Å². The fraction of sp³-hybridized carbons (Fsp3) is 0.375. The van der Waals surface area contributed by atoms with E-state index in [1.54, 1.807) is 35.4 Å². The molecular weight excluding hydrogens is 316 g/mol. The number of halogens is 1. The number of ketones is 1. The molecule has 0 unspecified atom stereocenters. The first kappa shape index (κ1) is 15.7. The maximum atomic E-state index is 12.6. The van der Waals surface area contributed by atoms with Gasteiger partial charge in [-0.05, 0) is 25.0 Å². The van der Waals surface area contributed by atoms with Gasteiger partial charge in [0, 0.05) is 35.8 Å². The van der Waals surface area contributed by atoms with Gasteiger partial charge in [-0.25, -0.2) is 4.68 Å². The Kier molecular flexibility index (Phi) is 4.71. The van der Waals surface area contributed by atoms with Crippen LogP contribution in [0.15, 0.2) is 36.7 Å². The van der Waals surface area contributed by atoms with Crippen LogP contribution < -0.4 is 0 Å². The fourth-order valence-corrected chi connectivity index (χ4v) is 3.04. The van der Waals surface area contributed by atoms with Gasteiger partial charge in [-0.2, -0.15) is 0 Å². The van der Waals surface area contributed by atoms with Crippen molar-refractivity contribution >= 4 is 23.3 Å². The summed E-state index contributed by atoms with van der Waals surface area (Å²) in [6.07, 6.45) is 4.80. The van der Waals surface area contributed by atoms with Gasteiger partial charge in [-0.3, -0.25) is 9.59 Å². The summed E-state index contributed by atoms with van der Waals surface area (Å²) in [4.78, 5) is 26.7. The summed E-state index contributed by atoms with van der Waals surface area (Å²) in [7, 11) is 0. The Balaban J connectivity index is 1.65. The van der Waals surface area contributed by atoms with E-state index in [0.717, 1.165) is 12.8 Å². The van der Waals surface area contributed by atoms with Crippen LogP contribution in [0.2, 0.25) is 5.02 Å². The van der Waals surface area contributed by atoms with E-state index in [9.17, 15) is 9.59 Å². The molecule has 120 valence electrons. The zero-order chi connectivity index (χ0) is 16.2. The lowest BCUT2D eigenvalue weighted by Gasteiger charge is -2.32. The van der Waals surface area contributed by atoms with Gasteiger partial charge in [0.15, 0.2) is 5.78 Å². The van der Waals surface area contributed by atoms with Crippen LogP contribution in [-0.4, -0.2) is 44.7 Å². The summed E-state index contributed by atoms with van der Waals surface area (Å²) >= 11 is 5.95. The van der Waals surface area contributed by atoms with E-state index < -0.39 is 0 Å². The molecule has 0 bridgehead atoms. The molecule has 1 aromatic heterocycles. The Morgan fingerprint density at radius 1 is 1.35 bits per heavy atom. The molecule has 0 radical (unpaired) electrons. The molecule has 1 aliphatic rings. The van der Waals surface area contributed by atoms with Crippen molar-refractivity contribution < 1.29 is 9.59 Å². The molecule has 1 aromatic carbocycles. The van der Waals surface area contributed by atoms with E-state index in [1.807, 2.05) is 0 Å². The third kappa shape index (κ3) is 3.76. The minimum atomic E-state index is -0.179. The van der Waals surface area contributed by atoms with Crippen LogP contribution in [-0.2, 0) is 11.3 Å². The number of nitrogens with zero attached hydrogens (tertiary/aromatic N) is 4. The highest BCUT2D eigenvalue weighted by atomic mass is 35.5. The number of hydrogen-bond donors (Lipinski definition) is 0. The fourth-order valence-electron chi connectivity index (χ4n) is 2.85. The summed E-state index contributed by atoms with van der Waals surface area (Å²) in [5.41, 5.74) is 0.605. The summed E-state index contributed by atoms with van der Waals surface area (Å²) in [5.74, 6) is -0.174. The van der Waals surface area contributed by atoms with E-state index in [4.69, 9.17) is 11.6 Å². The van der Waals surface area contributed by atoms with E-state index in [1.165, 1.54) is 10.9 Å². The van der Waals surface area contributed by atoms with Crippen molar-refractivity contribution in [2.75, 3.05) is 13.1 Å².